The molecule has 0 spiro atoms. The maximum atomic E-state index is 13.4. The summed E-state index contributed by atoms with van der Waals surface area (Å²) in [6.45, 7) is 8.08. The maximum Gasteiger partial charge on any atom is 0.255 e. The van der Waals surface area contributed by atoms with Gasteiger partial charge in [-0.1, -0.05) is 44.2 Å². The Kier molecular flexibility index (Phi) is 5.06. The summed E-state index contributed by atoms with van der Waals surface area (Å²) in [7, 11) is 0. The van der Waals surface area contributed by atoms with Crippen molar-refractivity contribution >= 4 is 17.5 Å². The van der Waals surface area contributed by atoms with Crippen molar-refractivity contribution in [3.05, 3.63) is 82.3 Å². The number of aryl methyl sites for hydroxylation is 1. The molecule has 1 aliphatic heterocycles. The van der Waals surface area contributed by atoms with Crippen LogP contribution in [0.3, 0.4) is 0 Å². The van der Waals surface area contributed by atoms with Crippen molar-refractivity contribution in [2.45, 2.75) is 46.5 Å². The number of Topliss-reactive ketones (excluding diaryl/α,β-unsaturated/α-hetero) is 1. The van der Waals surface area contributed by atoms with Gasteiger partial charge in [0.1, 0.15) is 5.82 Å². The van der Waals surface area contributed by atoms with Gasteiger partial charge < -0.3 is 10.6 Å². The molecular weight excluding hydrogens is 374 g/mol. The predicted molar refractivity (Wildman–Crippen MR) is 118 cm³/mol. The van der Waals surface area contributed by atoms with Crippen LogP contribution >= 0.6 is 0 Å². The third kappa shape index (κ3) is 3.80. The van der Waals surface area contributed by atoms with Crippen LogP contribution in [0.15, 0.2) is 71.2 Å². The number of aromatic nitrogens is 1. The minimum atomic E-state index is -0.393. The number of ketones is 1. The second kappa shape index (κ2) is 7.56. The topological polar surface area (TPSA) is 71.1 Å². The summed E-state index contributed by atoms with van der Waals surface area (Å²) in [5, 5.41) is 6.32. The molecule has 0 unspecified atom stereocenters. The van der Waals surface area contributed by atoms with E-state index in [4.69, 9.17) is 0 Å². The summed E-state index contributed by atoms with van der Waals surface area (Å²) in [4.78, 5) is 30.9. The van der Waals surface area contributed by atoms with Crippen LogP contribution in [0, 0.1) is 12.3 Å². The van der Waals surface area contributed by atoms with Gasteiger partial charge in [-0.25, -0.2) is 4.98 Å². The van der Waals surface area contributed by atoms with E-state index in [2.05, 4.69) is 29.5 Å². The van der Waals surface area contributed by atoms with E-state index in [9.17, 15) is 9.59 Å². The fourth-order valence-electron chi connectivity index (χ4n) is 4.50. The largest absolute Gasteiger partial charge is 0.362 e. The molecule has 5 heteroatoms. The number of hydrogen-bond donors (Lipinski definition) is 2. The Labute approximate surface area is 177 Å². The first kappa shape index (κ1) is 20.1. The van der Waals surface area contributed by atoms with Crippen molar-refractivity contribution < 1.29 is 9.59 Å². The lowest BCUT2D eigenvalue weighted by Crippen LogP contribution is -2.39. The summed E-state index contributed by atoms with van der Waals surface area (Å²) in [6.07, 6.45) is 2.93. The fourth-order valence-corrected chi connectivity index (χ4v) is 4.50. The van der Waals surface area contributed by atoms with Gasteiger partial charge in [-0.2, -0.15) is 0 Å². The summed E-state index contributed by atoms with van der Waals surface area (Å²) in [5.74, 6) is -0.0240. The third-order valence-electron chi connectivity index (χ3n) is 5.77. The van der Waals surface area contributed by atoms with Gasteiger partial charge >= 0.3 is 0 Å². The standard InChI is InChI=1S/C25H27N3O2/c1-15-10-11-26-20(12-15)28-24(30)21-16(2)27-18-13-25(3,4)14-19(29)23(18)22(21)17-8-6-5-7-9-17/h5-12,22,27H,13-14H2,1-4H3,(H,26,28,30)/t22-/m0/s1. The number of benzene rings is 1. The van der Waals surface area contributed by atoms with E-state index < -0.39 is 5.92 Å². The summed E-state index contributed by atoms with van der Waals surface area (Å²) in [6, 6.07) is 13.5. The number of amides is 1. The van der Waals surface area contributed by atoms with Crippen molar-refractivity contribution in [2.75, 3.05) is 5.32 Å². The van der Waals surface area contributed by atoms with Crippen LogP contribution in [-0.2, 0) is 9.59 Å². The van der Waals surface area contributed by atoms with Crippen molar-refractivity contribution in [2.24, 2.45) is 5.41 Å². The van der Waals surface area contributed by atoms with E-state index in [1.165, 1.54) is 0 Å². The second-order valence-electron chi connectivity index (χ2n) is 9.01. The van der Waals surface area contributed by atoms with Crippen LogP contribution in [0.2, 0.25) is 0 Å². The number of carbonyl (C=O) groups excluding carboxylic acids is 2. The number of allylic oxidation sites excluding steroid dienone is 3. The molecule has 2 aromatic rings. The molecule has 0 radical (unpaired) electrons. The number of rotatable bonds is 3. The lowest BCUT2D eigenvalue weighted by atomic mass is 9.68. The van der Waals surface area contributed by atoms with Crippen LogP contribution in [-0.4, -0.2) is 16.7 Å². The molecule has 2 N–H and O–H groups in total. The molecule has 1 aromatic heterocycles. The molecule has 4 rings (SSSR count). The molecule has 30 heavy (non-hydrogen) atoms. The molecule has 154 valence electrons. The minimum absolute atomic E-state index is 0.102. The molecule has 1 atom stereocenters. The normalized spacial score (nSPS) is 20.5. The number of dihydropyridines is 1. The van der Waals surface area contributed by atoms with Crippen molar-refractivity contribution in [3.8, 4) is 0 Å². The number of nitrogens with one attached hydrogen (secondary N) is 2. The number of nitrogens with zero attached hydrogens (tertiary/aromatic N) is 1. The molecule has 2 aliphatic rings. The first-order valence-corrected chi connectivity index (χ1v) is 10.3. The van der Waals surface area contributed by atoms with Gasteiger partial charge in [-0.3, -0.25) is 9.59 Å². The van der Waals surface area contributed by atoms with Gasteiger partial charge in [-0.05, 0) is 48.9 Å². The highest BCUT2D eigenvalue weighted by Gasteiger charge is 2.42. The zero-order valence-electron chi connectivity index (χ0n) is 17.9. The molecule has 0 saturated heterocycles. The molecule has 2 heterocycles. The molecule has 0 fully saturated rings. The molecule has 1 aromatic carbocycles. The van der Waals surface area contributed by atoms with Gasteiger partial charge in [0.2, 0.25) is 0 Å². The van der Waals surface area contributed by atoms with Crippen molar-refractivity contribution in [3.63, 3.8) is 0 Å². The quantitative estimate of drug-likeness (QED) is 0.786. The monoisotopic (exact) mass is 401 g/mol. The third-order valence-corrected chi connectivity index (χ3v) is 5.77. The molecule has 0 bridgehead atoms. The van der Waals surface area contributed by atoms with Crippen molar-refractivity contribution in [1.29, 1.82) is 0 Å². The van der Waals surface area contributed by atoms with Crippen molar-refractivity contribution in [1.82, 2.24) is 10.3 Å². The Morgan fingerprint density at radius 3 is 2.57 bits per heavy atom. The Bertz CT molecular complexity index is 1080. The highest BCUT2D eigenvalue weighted by molar-refractivity contribution is 6.09. The smallest absolute Gasteiger partial charge is 0.255 e. The van der Waals surface area contributed by atoms with E-state index in [0.29, 0.717) is 23.4 Å². The summed E-state index contributed by atoms with van der Waals surface area (Å²) >= 11 is 0. The maximum absolute atomic E-state index is 13.4. The van der Waals surface area contributed by atoms with Crippen LogP contribution in [0.25, 0.3) is 0 Å². The van der Waals surface area contributed by atoms with E-state index in [-0.39, 0.29) is 17.1 Å². The predicted octanol–water partition coefficient (Wildman–Crippen LogP) is 4.63. The summed E-state index contributed by atoms with van der Waals surface area (Å²) < 4.78 is 0. The molecule has 5 nitrogen and oxygen atoms in total. The highest BCUT2D eigenvalue weighted by atomic mass is 16.2. The van der Waals surface area contributed by atoms with Gasteiger partial charge in [0, 0.05) is 41.1 Å². The first-order chi connectivity index (χ1) is 14.2. The van der Waals surface area contributed by atoms with Crippen LogP contribution in [0.5, 0.6) is 0 Å². The second-order valence-corrected chi connectivity index (χ2v) is 9.01. The molecule has 0 saturated carbocycles. The SMILES string of the molecule is CC1=C(C(=O)Nc2cc(C)ccn2)[C@H](c2ccccc2)C2=C(CC(C)(C)CC2=O)N1. The Hall–Kier alpha value is -3.21. The van der Waals surface area contributed by atoms with E-state index in [0.717, 1.165) is 28.9 Å². The van der Waals surface area contributed by atoms with E-state index >= 15 is 0 Å². The number of pyridine rings is 1. The first-order valence-electron chi connectivity index (χ1n) is 10.3. The lowest BCUT2D eigenvalue weighted by Gasteiger charge is -2.39. The van der Waals surface area contributed by atoms with E-state index in [1.54, 1.807) is 6.20 Å². The Balaban J connectivity index is 1.79. The van der Waals surface area contributed by atoms with Gasteiger partial charge in [-0.15, -0.1) is 0 Å². The Morgan fingerprint density at radius 2 is 1.87 bits per heavy atom. The number of carbonyl (C=O) groups is 2. The van der Waals surface area contributed by atoms with Crippen LogP contribution in [0.1, 0.15) is 50.7 Å². The zero-order chi connectivity index (χ0) is 21.5. The minimum Gasteiger partial charge on any atom is -0.362 e. The molecular formula is C25H27N3O2. The lowest BCUT2D eigenvalue weighted by molar-refractivity contribution is -0.118. The zero-order valence-corrected chi connectivity index (χ0v) is 17.9. The van der Waals surface area contributed by atoms with Crippen LogP contribution < -0.4 is 10.6 Å². The van der Waals surface area contributed by atoms with Gasteiger partial charge in [0.15, 0.2) is 5.78 Å². The van der Waals surface area contributed by atoms with Gasteiger partial charge in [0.05, 0.1) is 0 Å². The Morgan fingerprint density at radius 1 is 1.13 bits per heavy atom. The molecule has 1 aliphatic carbocycles. The molecule has 1 amide bonds. The number of anilines is 1. The van der Waals surface area contributed by atoms with E-state index in [1.807, 2.05) is 56.3 Å². The average molecular weight is 402 g/mol. The van der Waals surface area contributed by atoms with Crippen LogP contribution in [0.4, 0.5) is 5.82 Å². The number of hydrogen-bond acceptors (Lipinski definition) is 4. The summed E-state index contributed by atoms with van der Waals surface area (Å²) in [5.41, 5.74) is 4.86. The highest BCUT2D eigenvalue weighted by Crippen LogP contribution is 2.46. The van der Waals surface area contributed by atoms with Gasteiger partial charge in [0.25, 0.3) is 5.91 Å². The average Bonchev–Trinajstić information content (AvgIpc) is 2.66. The fraction of sp³-hybridized carbons (Fsp3) is 0.320.